The van der Waals surface area contributed by atoms with Gasteiger partial charge in [-0.05, 0) is 12.5 Å². The topological polar surface area (TPSA) is 68.2 Å². The summed E-state index contributed by atoms with van der Waals surface area (Å²) in [7, 11) is 0. The van der Waals surface area contributed by atoms with Gasteiger partial charge in [0, 0.05) is 0 Å². The fourth-order valence-corrected chi connectivity index (χ4v) is 1.63. The van der Waals surface area contributed by atoms with Crippen molar-refractivity contribution in [3.05, 3.63) is 53.5 Å². The SMILES string of the molecule is CCOC(=O)c1coc(=N)n1Cc1ccccc1. The number of carbonyl (C=O) groups excluding carboxylic acids is 1. The van der Waals surface area contributed by atoms with Crippen molar-refractivity contribution in [2.45, 2.75) is 13.5 Å². The first-order valence-electron chi connectivity index (χ1n) is 5.66. The second-order valence-corrected chi connectivity index (χ2v) is 3.72. The number of oxazole rings is 1. The number of nitrogens with one attached hydrogen (secondary N) is 1. The van der Waals surface area contributed by atoms with E-state index < -0.39 is 5.97 Å². The molecule has 5 nitrogen and oxygen atoms in total. The van der Waals surface area contributed by atoms with Gasteiger partial charge >= 0.3 is 5.97 Å². The van der Waals surface area contributed by atoms with E-state index in [-0.39, 0.29) is 11.4 Å². The first-order chi connectivity index (χ1) is 8.72. The smallest absolute Gasteiger partial charge is 0.358 e. The summed E-state index contributed by atoms with van der Waals surface area (Å²) in [6.07, 6.45) is 1.25. The Morgan fingerprint density at radius 1 is 1.39 bits per heavy atom. The van der Waals surface area contributed by atoms with E-state index in [1.165, 1.54) is 10.8 Å². The quantitative estimate of drug-likeness (QED) is 0.836. The lowest BCUT2D eigenvalue weighted by atomic mass is 10.2. The van der Waals surface area contributed by atoms with E-state index in [2.05, 4.69) is 0 Å². The molecule has 0 saturated heterocycles. The Hall–Kier alpha value is -2.30. The highest BCUT2D eigenvalue weighted by Crippen LogP contribution is 2.06. The largest absolute Gasteiger partial charge is 0.461 e. The van der Waals surface area contributed by atoms with Gasteiger partial charge in [0.15, 0.2) is 5.69 Å². The van der Waals surface area contributed by atoms with Crippen LogP contribution in [0.2, 0.25) is 0 Å². The van der Waals surface area contributed by atoms with Crippen LogP contribution >= 0.6 is 0 Å². The Bertz CT molecular complexity index is 584. The van der Waals surface area contributed by atoms with E-state index in [9.17, 15) is 4.79 Å². The fraction of sp³-hybridized carbons (Fsp3) is 0.231. The zero-order chi connectivity index (χ0) is 13.0. The van der Waals surface area contributed by atoms with E-state index in [1.54, 1.807) is 6.92 Å². The average molecular weight is 246 g/mol. The van der Waals surface area contributed by atoms with Crippen LogP contribution in [0, 0.1) is 5.41 Å². The third-order valence-electron chi connectivity index (χ3n) is 2.49. The molecule has 0 amide bonds. The maximum absolute atomic E-state index is 11.7. The third kappa shape index (κ3) is 2.51. The van der Waals surface area contributed by atoms with Crippen molar-refractivity contribution >= 4 is 5.97 Å². The van der Waals surface area contributed by atoms with Gasteiger partial charge in [-0.1, -0.05) is 30.3 Å². The highest BCUT2D eigenvalue weighted by atomic mass is 16.5. The van der Waals surface area contributed by atoms with E-state index in [0.717, 1.165) is 5.56 Å². The Morgan fingerprint density at radius 3 is 2.78 bits per heavy atom. The monoisotopic (exact) mass is 246 g/mol. The van der Waals surface area contributed by atoms with Gasteiger partial charge in [-0.2, -0.15) is 0 Å². The predicted octanol–water partition coefficient (Wildman–Crippen LogP) is 1.79. The van der Waals surface area contributed by atoms with Gasteiger partial charge < -0.3 is 9.15 Å². The number of carbonyl (C=O) groups is 1. The minimum atomic E-state index is -0.476. The zero-order valence-corrected chi connectivity index (χ0v) is 10.1. The summed E-state index contributed by atoms with van der Waals surface area (Å²) >= 11 is 0. The van der Waals surface area contributed by atoms with Crippen LogP contribution in [0.15, 0.2) is 41.0 Å². The number of benzene rings is 1. The molecular weight excluding hydrogens is 232 g/mol. The minimum absolute atomic E-state index is 0.0677. The van der Waals surface area contributed by atoms with E-state index in [1.807, 2.05) is 30.3 Å². The molecule has 18 heavy (non-hydrogen) atoms. The van der Waals surface area contributed by atoms with Gasteiger partial charge in [0.2, 0.25) is 0 Å². The van der Waals surface area contributed by atoms with Gasteiger partial charge in [-0.3, -0.25) is 9.98 Å². The fourth-order valence-electron chi connectivity index (χ4n) is 1.63. The van der Waals surface area contributed by atoms with Crippen LogP contribution in [0.25, 0.3) is 0 Å². The number of aromatic nitrogens is 1. The number of hydrogen-bond donors (Lipinski definition) is 1. The molecule has 1 aromatic carbocycles. The summed E-state index contributed by atoms with van der Waals surface area (Å²) in [6.45, 7) is 2.44. The summed E-state index contributed by atoms with van der Waals surface area (Å²) in [5, 5.41) is 7.65. The molecule has 0 saturated carbocycles. The van der Waals surface area contributed by atoms with Crippen LogP contribution in [0.1, 0.15) is 23.0 Å². The molecule has 0 aliphatic rings. The van der Waals surface area contributed by atoms with Crippen LogP contribution < -0.4 is 5.68 Å². The Kier molecular flexibility index (Phi) is 3.62. The summed E-state index contributed by atoms with van der Waals surface area (Å²) in [6, 6.07) is 9.58. The van der Waals surface area contributed by atoms with Crippen molar-refractivity contribution in [3.63, 3.8) is 0 Å². The highest BCUT2D eigenvalue weighted by Gasteiger charge is 2.15. The number of ether oxygens (including phenoxy) is 1. The van der Waals surface area contributed by atoms with Crippen LogP contribution in [0.4, 0.5) is 0 Å². The number of rotatable bonds is 4. The molecule has 2 aromatic rings. The number of esters is 1. The molecule has 0 atom stereocenters. The van der Waals surface area contributed by atoms with Crippen LogP contribution in [0.3, 0.4) is 0 Å². The van der Waals surface area contributed by atoms with Crippen LogP contribution in [-0.4, -0.2) is 17.1 Å². The normalized spacial score (nSPS) is 10.3. The average Bonchev–Trinajstić information content (AvgIpc) is 2.73. The van der Waals surface area contributed by atoms with Crippen molar-refractivity contribution in [3.8, 4) is 0 Å². The minimum Gasteiger partial charge on any atom is -0.461 e. The Morgan fingerprint density at radius 2 is 2.11 bits per heavy atom. The maximum Gasteiger partial charge on any atom is 0.358 e. The van der Waals surface area contributed by atoms with E-state index in [0.29, 0.717) is 13.2 Å². The van der Waals surface area contributed by atoms with Crippen molar-refractivity contribution in [2.75, 3.05) is 6.61 Å². The molecule has 0 aliphatic heterocycles. The molecule has 1 aromatic heterocycles. The predicted molar refractivity (Wildman–Crippen MR) is 64.1 cm³/mol. The van der Waals surface area contributed by atoms with E-state index >= 15 is 0 Å². The summed E-state index contributed by atoms with van der Waals surface area (Å²) < 4.78 is 11.4. The molecule has 5 heteroatoms. The molecule has 2 rings (SSSR count). The lowest BCUT2D eigenvalue weighted by Gasteiger charge is -2.06. The van der Waals surface area contributed by atoms with Gasteiger partial charge in [0.25, 0.3) is 5.68 Å². The lowest BCUT2D eigenvalue weighted by molar-refractivity contribution is 0.0513. The summed E-state index contributed by atoms with van der Waals surface area (Å²) in [5.41, 5.74) is 1.18. The highest BCUT2D eigenvalue weighted by molar-refractivity contribution is 5.87. The molecule has 0 spiro atoms. The molecular formula is C13H14N2O3. The summed E-state index contributed by atoms with van der Waals surface area (Å²) in [4.78, 5) is 11.7. The first kappa shape index (κ1) is 12.2. The van der Waals surface area contributed by atoms with Crippen molar-refractivity contribution in [1.82, 2.24) is 4.57 Å². The second kappa shape index (κ2) is 5.35. The van der Waals surface area contributed by atoms with Crippen LogP contribution in [0.5, 0.6) is 0 Å². The Balaban J connectivity index is 2.30. The van der Waals surface area contributed by atoms with Gasteiger partial charge in [-0.15, -0.1) is 0 Å². The van der Waals surface area contributed by atoms with Crippen molar-refractivity contribution in [1.29, 1.82) is 5.41 Å². The lowest BCUT2D eigenvalue weighted by Crippen LogP contribution is -2.21. The third-order valence-corrected chi connectivity index (χ3v) is 2.49. The van der Waals surface area contributed by atoms with Gasteiger partial charge in [0.05, 0.1) is 13.2 Å². The summed E-state index contributed by atoms with van der Waals surface area (Å²) in [5.74, 6) is -0.476. The molecule has 1 N–H and O–H groups in total. The van der Waals surface area contributed by atoms with Crippen molar-refractivity contribution in [2.24, 2.45) is 0 Å². The molecule has 1 heterocycles. The zero-order valence-electron chi connectivity index (χ0n) is 10.1. The first-order valence-corrected chi connectivity index (χ1v) is 5.66. The van der Waals surface area contributed by atoms with Gasteiger partial charge in [0.1, 0.15) is 6.26 Å². The number of hydrogen-bond acceptors (Lipinski definition) is 4. The van der Waals surface area contributed by atoms with Crippen LogP contribution in [-0.2, 0) is 11.3 Å². The molecule has 0 unspecified atom stereocenters. The molecule has 94 valence electrons. The molecule has 0 fully saturated rings. The van der Waals surface area contributed by atoms with E-state index in [4.69, 9.17) is 14.6 Å². The molecule has 0 radical (unpaired) electrons. The van der Waals surface area contributed by atoms with Gasteiger partial charge in [-0.25, -0.2) is 4.79 Å². The molecule has 0 aliphatic carbocycles. The standard InChI is InChI=1S/C13H14N2O3/c1-2-17-12(16)11-9-18-13(14)15(11)8-10-6-4-3-5-7-10/h3-7,9,14H,2,8H2,1H3. The molecule has 0 bridgehead atoms. The Labute approximate surface area is 104 Å². The number of nitrogens with zero attached hydrogens (tertiary/aromatic N) is 1. The van der Waals surface area contributed by atoms with Crippen molar-refractivity contribution < 1.29 is 13.9 Å². The second-order valence-electron chi connectivity index (χ2n) is 3.72. The maximum atomic E-state index is 11.7.